The fourth-order valence-electron chi connectivity index (χ4n) is 3.83. The lowest BCUT2D eigenvalue weighted by molar-refractivity contribution is -0.138. The van der Waals surface area contributed by atoms with E-state index in [2.05, 4.69) is 15.3 Å². The summed E-state index contributed by atoms with van der Waals surface area (Å²) in [5.74, 6) is -1.61. The lowest BCUT2D eigenvalue weighted by Gasteiger charge is -2.38. The number of aliphatic imine (C=N–C) groups is 1. The SMILES string of the molecule is CC1(c2cc(NC(=O)c3ncccc3C(F)(F)F)ccc2F)N=C(N)OCC12CC2. The van der Waals surface area contributed by atoms with Crippen molar-refractivity contribution in [1.29, 1.82) is 0 Å². The molecule has 0 saturated heterocycles. The molecule has 4 rings (SSSR count). The minimum Gasteiger partial charge on any atom is -0.465 e. The second-order valence-electron chi connectivity index (χ2n) is 7.64. The summed E-state index contributed by atoms with van der Waals surface area (Å²) in [6.45, 7) is 2.03. The van der Waals surface area contributed by atoms with E-state index < -0.39 is 40.1 Å². The molecule has 0 bridgehead atoms. The van der Waals surface area contributed by atoms with Gasteiger partial charge >= 0.3 is 6.18 Å². The van der Waals surface area contributed by atoms with Crippen LogP contribution in [0.5, 0.6) is 0 Å². The highest BCUT2D eigenvalue weighted by atomic mass is 19.4. The molecule has 1 aromatic carbocycles. The van der Waals surface area contributed by atoms with Crippen LogP contribution in [0.2, 0.25) is 0 Å². The topological polar surface area (TPSA) is 89.6 Å². The van der Waals surface area contributed by atoms with Gasteiger partial charge in [0.05, 0.1) is 12.2 Å². The predicted molar refractivity (Wildman–Crippen MR) is 100 cm³/mol. The van der Waals surface area contributed by atoms with Crippen LogP contribution in [0.25, 0.3) is 0 Å². The number of nitrogens with zero attached hydrogens (tertiary/aromatic N) is 2. The third-order valence-corrected chi connectivity index (χ3v) is 5.79. The number of anilines is 1. The van der Waals surface area contributed by atoms with Crippen LogP contribution in [0.1, 0.15) is 41.4 Å². The lowest BCUT2D eigenvalue weighted by Crippen LogP contribution is -2.43. The Bertz CT molecular complexity index is 1050. The number of ether oxygens (including phenoxy) is 1. The number of hydrogen-bond donors (Lipinski definition) is 2. The normalized spacial score (nSPS) is 22.2. The molecule has 2 heterocycles. The van der Waals surface area contributed by atoms with Gasteiger partial charge in [-0.3, -0.25) is 9.78 Å². The first-order valence-electron chi connectivity index (χ1n) is 9.17. The molecule has 0 radical (unpaired) electrons. The Labute approximate surface area is 169 Å². The summed E-state index contributed by atoms with van der Waals surface area (Å²) < 4.78 is 59.6. The van der Waals surface area contributed by atoms with E-state index in [0.717, 1.165) is 37.2 Å². The van der Waals surface area contributed by atoms with Crippen molar-refractivity contribution in [3.05, 3.63) is 59.2 Å². The second kappa shape index (κ2) is 6.68. The summed E-state index contributed by atoms with van der Waals surface area (Å²) in [5.41, 5.74) is 2.65. The monoisotopic (exact) mass is 422 g/mol. The number of alkyl halides is 3. The fourth-order valence-corrected chi connectivity index (χ4v) is 3.83. The molecule has 1 spiro atoms. The number of amidine groups is 1. The van der Waals surface area contributed by atoms with Crippen molar-refractivity contribution >= 4 is 17.6 Å². The van der Waals surface area contributed by atoms with E-state index in [1.54, 1.807) is 6.92 Å². The highest BCUT2D eigenvalue weighted by molar-refractivity contribution is 6.04. The smallest absolute Gasteiger partial charge is 0.418 e. The second-order valence-corrected chi connectivity index (χ2v) is 7.64. The molecule has 2 aromatic rings. The Balaban J connectivity index is 1.69. The molecule has 10 heteroatoms. The number of halogens is 4. The first kappa shape index (κ1) is 20.1. The van der Waals surface area contributed by atoms with E-state index in [4.69, 9.17) is 10.5 Å². The quantitative estimate of drug-likeness (QED) is 0.736. The highest BCUT2D eigenvalue weighted by Crippen LogP contribution is 2.62. The van der Waals surface area contributed by atoms with Crippen LogP contribution >= 0.6 is 0 Å². The van der Waals surface area contributed by atoms with E-state index >= 15 is 0 Å². The summed E-state index contributed by atoms with van der Waals surface area (Å²) in [6.07, 6.45) is -2.12. The van der Waals surface area contributed by atoms with Gasteiger partial charge in [0.15, 0.2) is 0 Å². The fraction of sp³-hybridized carbons (Fsp3) is 0.350. The molecular weight excluding hydrogens is 404 g/mol. The maximum Gasteiger partial charge on any atom is 0.418 e. The van der Waals surface area contributed by atoms with Crippen LogP contribution in [0.15, 0.2) is 41.5 Å². The van der Waals surface area contributed by atoms with Gasteiger partial charge in [-0.05, 0) is 50.1 Å². The van der Waals surface area contributed by atoms with Crippen LogP contribution in [0, 0.1) is 11.2 Å². The summed E-state index contributed by atoms with van der Waals surface area (Å²) in [4.78, 5) is 20.4. The zero-order valence-electron chi connectivity index (χ0n) is 15.9. The van der Waals surface area contributed by atoms with Gasteiger partial charge in [-0.15, -0.1) is 0 Å². The molecule has 1 aliphatic carbocycles. The molecule has 2 aliphatic rings. The Morgan fingerprint density at radius 3 is 2.67 bits per heavy atom. The van der Waals surface area contributed by atoms with Crippen LogP contribution in [0.4, 0.5) is 23.2 Å². The summed E-state index contributed by atoms with van der Waals surface area (Å²) in [5, 5.41) is 2.37. The van der Waals surface area contributed by atoms with Gasteiger partial charge in [0.2, 0.25) is 0 Å². The van der Waals surface area contributed by atoms with Gasteiger partial charge < -0.3 is 15.8 Å². The summed E-state index contributed by atoms with van der Waals surface area (Å²) in [7, 11) is 0. The van der Waals surface area contributed by atoms with Gasteiger partial charge in [-0.1, -0.05) is 0 Å². The lowest BCUT2D eigenvalue weighted by atomic mass is 9.76. The number of nitrogens with one attached hydrogen (secondary N) is 1. The van der Waals surface area contributed by atoms with Crippen molar-refractivity contribution in [3.63, 3.8) is 0 Å². The molecule has 1 amide bonds. The van der Waals surface area contributed by atoms with Gasteiger partial charge in [0.25, 0.3) is 11.9 Å². The predicted octanol–water partition coefficient (Wildman–Crippen LogP) is 3.83. The Hall–Kier alpha value is -3.17. The molecule has 1 aromatic heterocycles. The number of carbonyl (C=O) groups excluding carboxylic acids is 1. The third-order valence-electron chi connectivity index (χ3n) is 5.79. The van der Waals surface area contributed by atoms with E-state index in [9.17, 15) is 22.4 Å². The molecule has 30 heavy (non-hydrogen) atoms. The van der Waals surface area contributed by atoms with Crippen LogP contribution < -0.4 is 11.1 Å². The average molecular weight is 422 g/mol. The first-order chi connectivity index (χ1) is 14.1. The number of rotatable bonds is 3. The molecular formula is C20H18F4N4O2. The van der Waals surface area contributed by atoms with Crippen molar-refractivity contribution in [2.75, 3.05) is 11.9 Å². The molecule has 158 valence electrons. The largest absolute Gasteiger partial charge is 0.465 e. The van der Waals surface area contributed by atoms with Gasteiger partial charge in [0.1, 0.15) is 17.1 Å². The number of pyridine rings is 1. The third kappa shape index (κ3) is 3.25. The van der Waals surface area contributed by atoms with Crippen LogP contribution in [0.3, 0.4) is 0 Å². The molecule has 1 saturated carbocycles. The standard InChI is InChI=1S/C20H18F4N4O2/c1-18(19(6-7-19)10-30-17(25)28-18)13-9-11(4-5-14(13)21)27-16(29)15-12(20(22,23)24)3-2-8-26-15/h2-5,8-9H,6-7,10H2,1H3,(H2,25,28)(H,27,29). The minimum absolute atomic E-state index is 0.0628. The molecule has 1 atom stereocenters. The Morgan fingerprint density at radius 1 is 1.27 bits per heavy atom. The van der Waals surface area contributed by atoms with E-state index in [1.165, 1.54) is 12.1 Å². The minimum atomic E-state index is -4.74. The molecule has 6 nitrogen and oxygen atoms in total. The number of aromatic nitrogens is 1. The van der Waals surface area contributed by atoms with Crippen molar-refractivity contribution in [1.82, 2.24) is 4.98 Å². The number of hydrogen-bond acceptors (Lipinski definition) is 5. The Morgan fingerprint density at radius 2 is 2.00 bits per heavy atom. The van der Waals surface area contributed by atoms with E-state index in [1.807, 2.05) is 0 Å². The van der Waals surface area contributed by atoms with Gasteiger partial charge in [-0.25, -0.2) is 9.38 Å². The Kier molecular flexibility index (Phi) is 4.48. The number of carbonyl (C=O) groups is 1. The maximum atomic E-state index is 14.8. The van der Waals surface area contributed by atoms with Crippen molar-refractivity contribution in [3.8, 4) is 0 Å². The zero-order chi connectivity index (χ0) is 21.7. The van der Waals surface area contributed by atoms with Crippen molar-refractivity contribution in [2.45, 2.75) is 31.5 Å². The van der Waals surface area contributed by atoms with E-state index in [-0.39, 0.29) is 23.9 Å². The zero-order valence-corrected chi connectivity index (χ0v) is 15.9. The van der Waals surface area contributed by atoms with Crippen molar-refractivity contribution in [2.24, 2.45) is 16.1 Å². The molecule has 1 aliphatic heterocycles. The molecule has 3 N–H and O–H groups in total. The van der Waals surface area contributed by atoms with Crippen LogP contribution in [-0.4, -0.2) is 23.5 Å². The maximum absolute atomic E-state index is 14.8. The molecule has 1 fully saturated rings. The number of amides is 1. The van der Waals surface area contributed by atoms with Crippen molar-refractivity contribution < 1.29 is 27.1 Å². The highest BCUT2D eigenvalue weighted by Gasteiger charge is 2.61. The first-order valence-corrected chi connectivity index (χ1v) is 9.17. The van der Waals surface area contributed by atoms with Crippen LogP contribution in [-0.2, 0) is 16.5 Å². The summed E-state index contributed by atoms with van der Waals surface area (Å²) in [6, 6.07) is 5.57. The summed E-state index contributed by atoms with van der Waals surface area (Å²) >= 11 is 0. The number of benzene rings is 1. The average Bonchev–Trinajstić information content (AvgIpc) is 3.47. The molecule has 1 unspecified atom stereocenters. The van der Waals surface area contributed by atoms with Gasteiger partial charge in [0, 0.05) is 22.9 Å². The number of nitrogens with two attached hydrogens (primary N) is 1. The van der Waals surface area contributed by atoms with E-state index in [0.29, 0.717) is 0 Å². The van der Waals surface area contributed by atoms with Gasteiger partial charge in [-0.2, -0.15) is 13.2 Å².